The molecule has 1 aromatic rings. The lowest BCUT2D eigenvalue weighted by molar-refractivity contribution is 0.250. The zero-order chi connectivity index (χ0) is 16.7. The molecule has 1 aromatic heterocycles. The van der Waals surface area contributed by atoms with Crippen LogP contribution in [-0.4, -0.2) is 31.1 Å². The molecular formula is C18H31IN4O. The van der Waals surface area contributed by atoms with Crippen LogP contribution in [0.15, 0.2) is 23.2 Å². The summed E-state index contributed by atoms with van der Waals surface area (Å²) in [4.78, 5) is 8.74. The first kappa shape index (κ1) is 21.0. The fourth-order valence-electron chi connectivity index (χ4n) is 3.16. The zero-order valence-electron chi connectivity index (χ0n) is 15.2. The Bertz CT molecular complexity index is 513. The van der Waals surface area contributed by atoms with Crippen molar-refractivity contribution in [2.24, 2.45) is 16.8 Å². The van der Waals surface area contributed by atoms with Crippen LogP contribution in [0.25, 0.3) is 0 Å². The Morgan fingerprint density at radius 3 is 2.58 bits per heavy atom. The van der Waals surface area contributed by atoms with Crippen LogP contribution in [0, 0.1) is 11.8 Å². The predicted molar refractivity (Wildman–Crippen MR) is 110 cm³/mol. The monoisotopic (exact) mass is 446 g/mol. The van der Waals surface area contributed by atoms with Gasteiger partial charge in [-0.1, -0.05) is 19.9 Å². The Balaban J connectivity index is 0.00000288. The van der Waals surface area contributed by atoms with Crippen molar-refractivity contribution >= 4 is 29.9 Å². The highest BCUT2D eigenvalue weighted by atomic mass is 127. The van der Waals surface area contributed by atoms with Gasteiger partial charge < -0.3 is 15.4 Å². The summed E-state index contributed by atoms with van der Waals surface area (Å²) in [6.07, 6.45) is 5.06. The van der Waals surface area contributed by atoms with E-state index in [0.717, 1.165) is 23.5 Å². The normalized spacial score (nSPS) is 21.1. The summed E-state index contributed by atoms with van der Waals surface area (Å²) in [5, 5.41) is 6.88. The minimum Gasteiger partial charge on any atom is -0.481 e. The van der Waals surface area contributed by atoms with E-state index >= 15 is 0 Å². The van der Waals surface area contributed by atoms with Crippen LogP contribution in [-0.2, 0) is 6.54 Å². The summed E-state index contributed by atoms with van der Waals surface area (Å²) < 4.78 is 5.15. The number of halogens is 1. The number of rotatable bonds is 5. The summed E-state index contributed by atoms with van der Waals surface area (Å²) >= 11 is 0. The number of pyridine rings is 1. The van der Waals surface area contributed by atoms with Gasteiger partial charge in [0.2, 0.25) is 5.88 Å². The second-order valence-electron chi connectivity index (χ2n) is 6.60. The van der Waals surface area contributed by atoms with E-state index in [2.05, 4.69) is 34.5 Å². The van der Waals surface area contributed by atoms with Gasteiger partial charge in [0.15, 0.2) is 5.96 Å². The molecule has 2 N–H and O–H groups in total. The molecule has 0 amide bonds. The minimum absolute atomic E-state index is 0. The molecule has 24 heavy (non-hydrogen) atoms. The number of aromatic nitrogens is 1. The molecule has 0 unspecified atom stereocenters. The Labute approximate surface area is 163 Å². The highest BCUT2D eigenvalue weighted by Crippen LogP contribution is 2.29. The second-order valence-corrected chi connectivity index (χ2v) is 6.60. The van der Waals surface area contributed by atoms with Crippen molar-refractivity contribution in [3.05, 3.63) is 23.9 Å². The third-order valence-electron chi connectivity index (χ3n) is 4.71. The third kappa shape index (κ3) is 6.45. The van der Waals surface area contributed by atoms with E-state index in [1.54, 1.807) is 7.11 Å². The van der Waals surface area contributed by atoms with Gasteiger partial charge in [-0.3, -0.25) is 4.99 Å². The van der Waals surface area contributed by atoms with Crippen molar-refractivity contribution in [1.82, 2.24) is 15.6 Å². The number of methoxy groups -OCH3 is 1. The molecular weight excluding hydrogens is 415 g/mol. The first-order valence-corrected chi connectivity index (χ1v) is 8.59. The van der Waals surface area contributed by atoms with Crippen molar-refractivity contribution in [1.29, 1.82) is 0 Å². The van der Waals surface area contributed by atoms with Crippen LogP contribution in [0.4, 0.5) is 0 Å². The van der Waals surface area contributed by atoms with E-state index in [1.807, 2.05) is 25.2 Å². The highest BCUT2D eigenvalue weighted by molar-refractivity contribution is 14.0. The number of nitrogens with one attached hydrogen (secondary N) is 2. The summed E-state index contributed by atoms with van der Waals surface area (Å²) in [7, 11) is 3.45. The van der Waals surface area contributed by atoms with Crippen LogP contribution in [0.1, 0.15) is 45.2 Å². The molecule has 136 valence electrons. The summed E-state index contributed by atoms with van der Waals surface area (Å²) in [5.74, 6) is 3.17. The Morgan fingerprint density at radius 2 is 2.00 bits per heavy atom. The largest absolute Gasteiger partial charge is 0.481 e. The Morgan fingerprint density at radius 1 is 1.29 bits per heavy atom. The molecule has 0 saturated heterocycles. The topological polar surface area (TPSA) is 58.5 Å². The van der Waals surface area contributed by atoms with Crippen molar-refractivity contribution in [2.45, 2.75) is 52.1 Å². The molecule has 1 heterocycles. The van der Waals surface area contributed by atoms with Crippen LogP contribution in [0.2, 0.25) is 0 Å². The molecule has 0 spiro atoms. The predicted octanol–water partition coefficient (Wildman–Crippen LogP) is 3.59. The third-order valence-corrected chi connectivity index (χ3v) is 4.71. The van der Waals surface area contributed by atoms with Gasteiger partial charge in [0, 0.05) is 19.2 Å². The van der Waals surface area contributed by atoms with Crippen LogP contribution in [0.5, 0.6) is 5.88 Å². The van der Waals surface area contributed by atoms with Crippen LogP contribution in [0.3, 0.4) is 0 Å². The number of aliphatic imine (C=N–C) groups is 1. The summed E-state index contributed by atoms with van der Waals surface area (Å²) in [5.41, 5.74) is 0.941. The number of guanidine groups is 1. The van der Waals surface area contributed by atoms with E-state index in [9.17, 15) is 0 Å². The van der Waals surface area contributed by atoms with Gasteiger partial charge in [-0.2, -0.15) is 0 Å². The van der Waals surface area contributed by atoms with Crippen molar-refractivity contribution in [3.8, 4) is 5.88 Å². The SMILES string of the molecule is CN=C(NCc1cccc(OC)n1)NC1CCC(C(C)C)CC1.I. The van der Waals surface area contributed by atoms with Gasteiger partial charge in [0.25, 0.3) is 0 Å². The van der Waals surface area contributed by atoms with E-state index in [0.29, 0.717) is 18.5 Å². The molecule has 0 atom stereocenters. The molecule has 1 aliphatic rings. The lowest BCUT2D eigenvalue weighted by Gasteiger charge is -2.32. The van der Waals surface area contributed by atoms with Crippen LogP contribution >= 0.6 is 24.0 Å². The summed E-state index contributed by atoms with van der Waals surface area (Å²) in [6.45, 7) is 5.30. The second kappa shape index (κ2) is 10.7. The van der Waals surface area contributed by atoms with Gasteiger partial charge in [-0.25, -0.2) is 4.98 Å². The fourth-order valence-corrected chi connectivity index (χ4v) is 3.16. The number of nitrogens with zero attached hydrogens (tertiary/aromatic N) is 2. The molecule has 6 heteroatoms. The molecule has 0 aromatic carbocycles. The van der Waals surface area contributed by atoms with Gasteiger partial charge >= 0.3 is 0 Å². The van der Waals surface area contributed by atoms with Crippen molar-refractivity contribution in [2.75, 3.05) is 14.2 Å². The van der Waals surface area contributed by atoms with Gasteiger partial charge in [-0.15, -0.1) is 24.0 Å². The lowest BCUT2D eigenvalue weighted by Crippen LogP contribution is -2.44. The van der Waals surface area contributed by atoms with Crippen molar-refractivity contribution < 1.29 is 4.74 Å². The molecule has 2 rings (SSSR count). The lowest BCUT2D eigenvalue weighted by atomic mass is 9.80. The molecule has 0 bridgehead atoms. The molecule has 5 nitrogen and oxygen atoms in total. The number of hydrogen-bond donors (Lipinski definition) is 2. The Hall–Kier alpha value is -1.05. The first-order valence-electron chi connectivity index (χ1n) is 8.59. The average Bonchev–Trinajstić information content (AvgIpc) is 2.59. The smallest absolute Gasteiger partial charge is 0.213 e. The van der Waals surface area contributed by atoms with Gasteiger partial charge in [0.05, 0.1) is 19.3 Å². The van der Waals surface area contributed by atoms with E-state index in [-0.39, 0.29) is 24.0 Å². The number of ether oxygens (including phenoxy) is 1. The van der Waals surface area contributed by atoms with Gasteiger partial charge in [-0.05, 0) is 43.6 Å². The zero-order valence-corrected chi connectivity index (χ0v) is 17.5. The molecule has 1 aliphatic carbocycles. The Kier molecular flexibility index (Phi) is 9.39. The maximum Gasteiger partial charge on any atom is 0.213 e. The summed E-state index contributed by atoms with van der Waals surface area (Å²) in [6, 6.07) is 6.31. The van der Waals surface area contributed by atoms with Gasteiger partial charge in [0.1, 0.15) is 0 Å². The molecule has 0 radical (unpaired) electrons. The number of hydrogen-bond acceptors (Lipinski definition) is 3. The van der Waals surface area contributed by atoms with E-state index in [1.165, 1.54) is 25.7 Å². The fraction of sp³-hybridized carbons (Fsp3) is 0.667. The molecule has 0 aliphatic heterocycles. The van der Waals surface area contributed by atoms with E-state index in [4.69, 9.17) is 4.74 Å². The first-order chi connectivity index (χ1) is 11.1. The maximum absolute atomic E-state index is 5.15. The van der Waals surface area contributed by atoms with Crippen LogP contribution < -0.4 is 15.4 Å². The molecule has 1 saturated carbocycles. The minimum atomic E-state index is 0. The average molecular weight is 446 g/mol. The van der Waals surface area contributed by atoms with E-state index < -0.39 is 0 Å². The molecule has 1 fully saturated rings. The maximum atomic E-state index is 5.15. The quantitative estimate of drug-likeness (QED) is 0.413. The standard InChI is InChI=1S/C18H30N4O.HI/c1-13(2)14-8-10-15(11-9-14)22-18(19-3)20-12-16-6-5-7-17(21-16)23-4;/h5-7,13-15H,8-12H2,1-4H3,(H2,19,20,22);1H. The highest BCUT2D eigenvalue weighted by Gasteiger charge is 2.23. The van der Waals surface area contributed by atoms with Crippen molar-refractivity contribution in [3.63, 3.8) is 0 Å².